The van der Waals surface area contributed by atoms with Crippen LogP contribution in [-0.2, 0) is 0 Å². The SMILES string of the molecule is Nc1ccc(O)c2cc(C(F)F)sc12. The molecule has 0 radical (unpaired) electrons. The first-order chi connectivity index (χ1) is 6.59. The van der Waals surface area contributed by atoms with Crippen molar-refractivity contribution in [2.45, 2.75) is 6.43 Å². The second-order valence-corrected chi connectivity index (χ2v) is 3.95. The summed E-state index contributed by atoms with van der Waals surface area (Å²) in [5.41, 5.74) is 6.00. The van der Waals surface area contributed by atoms with E-state index in [1.165, 1.54) is 18.2 Å². The summed E-state index contributed by atoms with van der Waals surface area (Å²) in [7, 11) is 0. The lowest BCUT2D eigenvalue weighted by atomic mass is 10.2. The van der Waals surface area contributed by atoms with Gasteiger partial charge in [0.15, 0.2) is 0 Å². The molecule has 0 bridgehead atoms. The van der Waals surface area contributed by atoms with Crippen LogP contribution in [0.25, 0.3) is 10.1 Å². The van der Waals surface area contributed by atoms with Gasteiger partial charge in [0.1, 0.15) is 5.75 Å². The smallest absolute Gasteiger partial charge is 0.272 e. The van der Waals surface area contributed by atoms with E-state index in [9.17, 15) is 13.9 Å². The fourth-order valence-corrected chi connectivity index (χ4v) is 2.22. The molecule has 0 saturated heterocycles. The molecular formula is C9H7F2NOS. The van der Waals surface area contributed by atoms with E-state index in [4.69, 9.17) is 5.73 Å². The highest BCUT2D eigenvalue weighted by atomic mass is 32.1. The third-order valence-electron chi connectivity index (χ3n) is 1.93. The Bertz CT molecular complexity index is 442. The predicted octanol–water partition coefficient (Wildman–Crippen LogP) is 3.13. The van der Waals surface area contributed by atoms with E-state index in [1.807, 2.05) is 0 Å². The average Bonchev–Trinajstić information content (AvgIpc) is 2.57. The molecule has 1 heterocycles. The first-order valence-electron chi connectivity index (χ1n) is 3.88. The molecule has 0 aliphatic rings. The molecule has 0 fully saturated rings. The fraction of sp³-hybridized carbons (Fsp3) is 0.111. The summed E-state index contributed by atoms with van der Waals surface area (Å²) in [6.45, 7) is 0. The third-order valence-corrected chi connectivity index (χ3v) is 3.12. The number of nitrogen functional groups attached to an aromatic ring is 1. The van der Waals surface area contributed by atoms with Crippen molar-refractivity contribution >= 4 is 27.1 Å². The number of aromatic hydroxyl groups is 1. The Morgan fingerprint density at radius 2 is 2.07 bits per heavy atom. The van der Waals surface area contributed by atoms with Crippen LogP contribution in [0, 0.1) is 0 Å². The summed E-state index contributed by atoms with van der Waals surface area (Å²) in [6.07, 6.45) is -2.52. The number of nitrogens with two attached hydrogens (primary N) is 1. The van der Waals surface area contributed by atoms with Crippen LogP contribution in [0.4, 0.5) is 14.5 Å². The Labute approximate surface area is 82.6 Å². The lowest BCUT2D eigenvalue weighted by molar-refractivity contribution is 0.156. The van der Waals surface area contributed by atoms with Gasteiger partial charge in [0.05, 0.1) is 9.58 Å². The molecule has 2 rings (SSSR count). The number of alkyl halides is 2. The van der Waals surface area contributed by atoms with Crippen molar-refractivity contribution in [2.75, 3.05) is 5.73 Å². The molecule has 2 aromatic rings. The second kappa shape index (κ2) is 3.09. The van der Waals surface area contributed by atoms with E-state index >= 15 is 0 Å². The van der Waals surface area contributed by atoms with E-state index in [0.29, 0.717) is 15.8 Å². The fourth-order valence-electron chi connectivity index (χ4n) is 1.26. The van der Waals surface area contributed by atoms with Crippen molar-refractivity contribution in [3.8, 4) is 5.75 Å². The van der Waals surface area contributed by atoms with Crippen LogP contribution in [0.1, 0.15) is 11.3 Å². The van der Waals surface area contributed by atoms with Gasteiger partial charge in [-0.15, -0.1) is 11.3 Å². The van der Waals surface area contributed by atoms with E-state index in [1.54, 1.807) is 0 Å². The van der Waals surface area contributed by atoms with Gasteiger partial charge in [-0.05, 0) is 18.2 Å². The quantitative estimate of drug-likeness (QED) is 0.567. The van der Waals surface area contributed by atoms with Crippen LogP contribution in [0.5, 0.6) is 5.75 Å². The van der Waals surface area contributed by atoms with Crippen molar-refractivity contribution in [2.24, 2.45) is 0 Å². The van der Waals surface area contributed by atoms with Crippen molar-refractivity contribution in [1.82, 2.24) is 0 Å². The molecule has 74 valence electrons. The Morgan fingerprint density at radius 1 is 1.36 bits per heavy atom. The molecule has 0 spiro atoms. The van der Waals surface area contributed by atoms with Gasteiger partial charge in [0.25, 0.3) is 6.43 Å². The molecule has 2 nitrogen and oxygen atoms in total. The maximum absolute atomic E-state index is 12.4. The first-order valence-corrected chi connectivity index (χ1v) is 4.70. The monoisotopic (exact) mass is 215 g/mol. The zero-order valence-electron chi connectivity index (χ0n) is 7.00. The van der Waals surface area contributed by atoms with Gasteiger partial charge in [-0.25, -0.2) is 8.78 Å². The normalized spacial score (nSPS) is 11.4. The first kappa shape index (κ1) is 9.21. The molecule has 0 unspecified atom stereocenters. The molecule has 0 amide bonds. The minimum Gasteiger partial charge on any atom is -0.507 e. The van der Waals surface area contributed by atoms with Gasteiger partial charge in [0, 0.05) is 11.1 Å². The molecule has 0 aliphatic heterocycles. The molecule has 1 aromatic carbocycles. The molecule has 14 heavy (non-hydrogen) atoms. The number of hydrogen-bond donors (Lipinski definition) is 2. The number of hydrogen-bond acceptors (Lipinski definition) is 3. The molecule has 5 heteroatoms. The van der Waals surface area contributed by atoms with Crippen molar-refractivity contribution < 1.29 is 13.9 Å². The molecule has 0 atom stereocenters. The average molecular weight is 215 g/mol. The van der Waals surface area contributed by atoms with Gasteiger partial charge >= 0.3 is 0 Å². The maximum atomic E-state index is 12.4. The Morgan fingerprint density at radius 3 is 2.64 bits per heavy atom. The van der Waals surface area contributed by atoms with Crippen LogP contribution in [0.15, 0.2) is 18.2 Å². The molecule has 3 N–H and O–H groups in total. The van der Waals surface area contributed by atoms with Gasteiger partial charge in [0.2, 0.25) is 0 Å². The summed E-state index contributed by atoms with van der Waals surface area (Å²) in [5, 5.41) is 9.79. The van der Waals surface area contributed by atoms with E-state index < -0.39 is 6.43 Å². The molecule has 0 aliphatic carbocycles. The lowest BCUT2D eigenvalue weighted by Gasteiger charge is -1.96. The Hall–Kier alpha value is -1.36. The minimum absolute atomic E-state index is 0.0163. The number of halogens is 2. The van der Waals surface area contributed by atoms with Gasteiger partial charge in [-0.2, -0.15) is 0 Å². The summed E-state index contributed by atoms with van der Waals surface area (Å²) in [6, 6.07) is 4.18. The number of benzene rings is 1. The van der Waals surface area contributed by atoms with Crippen LogP contribution in [0.3, 0.4) is 0 Å². The summed E-state index contributed by atoms with van der Waals surface area (Å²) in [5.74, 6) is -0.0163. The van der Waals surface area contributed by atoms with Crippen LogP contribution >= 0.6 is 11.3 Å². The zero-order valence-corrected chi connectivity index (χ0v) is 7.81. The summed E-state index contributed by atoms with van der Waals surface area (Å²) >= 11 is 0.911. The van der Waals surface area contributed by atoms with E-state index in [0.717, 1.165) is 11.3 Å². The van der Waals surface area contributed by atoms with E-state index in [-0.39, 0.29) is 10.6 Å². The predicted molar refractivity (Wildman–Crippen MR) is 52.9 cm³/mol. The largest absolute Gasteiger partial charge is 0.507 e. The lowest BCUT2D eigenvalue weighted by Crippen LogP contribution is -1.82. The van der Waals surface area contributed by atoms with E-state index in [2.05, 4.69) is 0 Å². The minimum atomic E-state index is -2.52. The van der Waals surface area contributed by atoms with Crippen molar-refractivity contribution in [3.05, 3.63) is 23.1 Å². The zero-order chi connectivity index (χ0) is 10.3. The standard InChI is InChI=1S/C9H7F2NOS/c10-9(11)7-3-4-6(13)2-1-5(12)8(4)14-7/h1-3,9,13H,12H2. The van der Waals surface area contributed by atoms with Crippen LogP contribution in [0.2, 0.25) is 0 Å². The van der Waals surface area contributed by atoms with Gasteiger partial charge < -0.3 is 10.8 Å². The highest BCUT2D eigenvalue weighted by Crippen LogP contribution is 2.39. The van der Waals surface area contributed by atoms with Crippen molar-refractivity contribution in [3.63, 3.8) is 0 Å². The second-order valence-electron chi connectivity index (χ2n) is 2.87. The summed E-state index contributed by atoms with van der Waals surface area (Å²) < 4.78 is 25.2. The highest BCUT2D eigenvalue weighted by molar-refractivity contribution is 7.19. The Balaban J connectivity index is 2.75. The highest BCUT2D eigenvalue weighted by Gasteiger charge is 2.14. The number of phenolic OH excluding ortho intramolecular Hbond substituents is 1. The number of thiophene rings is 1. The molecular weight excluding hydrogens is 208 g/mol. The molecule has 1 aromatic heterocycles. The van der Waals surface area contributed by atoms with Crippen LogP contribution < -0.4 is 5.73 Å². The summed E-state index contributed by atoms with van der Waals surface area (Å²) in [4.78, 5) is -0.0757. The van der Waals surface area contributed by atoms with Crippen LogP contribution in [-0.4, -0.2) is 5.11 Å². The number of fused-ring (bicyclic) bond motifs is 1. The number of rotatable bonds is 1. The Kier molecular flexibility index (Phi) is 2.03. The topological polar surface area (TPSA) is 46.2 Å². The van der Waals surface area contributed by atoms with Gasteiger partial charge in [-0.3, -0.25) is 0 Å². The number of anilines is 1. The van der Waals surface area contributed by atoms with Crippen molar-refractivity contribution in [1.29, 1.82) is 0 Å². The van der Waals surface area contributed by atoms with Gasteiger partial charge in [-0.1, -0.05) is 0 Å². The number of phenols is 1. The molecule has 0 saturated carbocycles. The third kappa shape index (κ3) is 1.29. The maximum Gasteiger partial charge on any atom is 0.272 e.